The molecule has 1 unspecified atom stereocenters. The highest BCUT2D eigenvalue weighted by atomic mass is 16.5. The zero-order valence-corrected chi connectivity index (χ0v) is 14.8. The smallest absolute Gasteiger partial charge is 0.281 e. The molecule has 0 saturated heterocycles. The van der Waals surface area contributed by atoms with Crippen molar-refractivity contribution in [1.29, 1.82) is 0 Å². The average Bonchev–Trinajstić information content (AvgIpc) is 2.61. The van der Waals surface area contributed by atoms with Gasteiger partial charge in [0.2, 0.25) is 0 Å². The van der Waals surface area contributed by atoms with E-state index < -0.39 is 0 Å². The van der Waals surface area contributed by atoms with Crippen molar-refractivity contribution in [2.24, 2.45) is 0 Å². The van der Waals surface area contributed by atoms with Crippen LogP contribution in [0.4, 0.5) is 11.4 Å². The molecule has 0 radical (unpaired) electrons. The van der Waals surface area contributed by atoms with Crippen molar-refractivity contribution < 1.29 is 19.2 Å². The summed E-state index contributed by atoms with van der Waals surface area (Å²) in [7, 11) is 5.14. The molecule has 0 saturated carbocycles. The third-order valence-corrected chi connectivity index (χ3v) is 3.79. The second-order valence-electron chi connectivity index (χ2n) is 5.88. The quantitative estimate of drug-likeness (QED) is 0.783. The number of anilines is 2. The number of hydrogen-bond donors (Lipinski definition) is 2. The van der Waals surface area contributed by atoms with E-state index in [1.165, 1.54) is 0 Å². The third-order valence-electron chi connectivity index (χ3n) is 3.79. The lowest BCUT2D eigenvalue weighted by Crippen LogP contribution is -3.11. The molecular weight excluding hydrogens is 318 g/mol. The molecule has 0 spiro atoms. The van der Waals surface area contributed by atoms with E-state index in [4.69, 9.17) is 4.74 Å². The zero-order chi connectivity index (χ0) is 18.2. The third kappa shape index (κ3) is 5.61. The maximum absolute atomic E-state index is 12.3. The van der Waals surface area contributed by atoms with E-state index in [1.54, 1.807) is 31.2 Å². The molecule has 0 aliphatic rings. The largest absolute Gasteiger partial charge is 0.497 e. The molecule has 0 aromatic heterocycles. The molecule has 2 amide bonds. The minimum absolute atomic E-state index is 0.0436. The van der Waals surface area contributed by atoms with Crippen LogP contribution in [-0.4, -0.2) is 46.1 Å². The highest BCUT2D eigenvalue weighted by molar-refractivity contribution is 5.94. The number of carbonyl (C=O) groups excluding carboxylic acids is 2. The van der Waals surface area contributed by atoms with Crippen LogP contribution < -0.4 is 19.9 Å². The van der Waals surface area contributed by atoms with Crippen LogP contribution >= 0.6 is 0 Å². The van der Waals surface area contributed by atoms with Crippen molar-refractivity contribution in [3.8, 4) is 5.75 Å². The van der Waals surface area contributed by atoms with Gasteiger partial charge in [-0.3, -0.25) is 9.59 Å². The summed E-state index contributed by atoms with van der Waals surface area (Å²) in [6.45, 7) is 0.433. The number of methoxy groups -OCH3 is 1. The lowest BCUT2D eigenvalue weighted by atomic mass is 10.3. The molecule has 132 valence electrons. The number of para-hydroxylation sites is 1. The number of hydrogen-bond acceptors (Lipinski definition) is 3. The summed E-state index contributed by atoms with van der Waals surface area (Å²) in [5.74, 6) is 0.483. The highest BCUT2D eigenvalue weighted by Gasteiger charge is 2.18. The molecule has 0 heterocycles. The minimum atomic E-state index is -0.152. The Morgan fingerprint density at radius 2 is 1.80 bits per heavy atom. The van der Waals surface area contributed by atoms with E-state index in [1.807, 2.05) is 49.5 Å². The highest BCUT2D eigenvalue weighted by Crippen LogP contribution is 2.16. The molecule has 2 rings (SSSR count). The number of nitrogens with one attached hydrogen (secondary N) is 2. The number of amides is 2. The van der Waals surface area contributed by atoms with Crippen molar-refractivity contribution in [3.05, 3.63) is 54.6 Å². The zero-order valence-electron chi connectivity index (χ0n) is 14.8. The molecule has 1 atom stereocenters. The maximum atomic E-state index is 12.3. The molecule has 6 nitrogen and oxygen atoms in total. The molecule has 0 fully saturated rings. The van der Waals surface area contributed by atoms with Crippen LogP contribution in [-0.2, 0) is 9.59 Å². The lowest BCUT2D eigenvalue weighted by molar-refractivity contribution is -0.862. The van der Waals surface area contributed by atoms with Crippen LogP contribution in [0.5, 0.6) is 5.75 Å². The van der Waals surface area contributed by atoms with Gasteiger partial charge in [-0.05, 0) is 24.3 Å². The second kappa shape index (κ2) is 8.84. The van der Waals surface area contributed by atoms with Crippen LogP contribution in [0, 0.1) is 0 Å². The van der Waals surface area contributed by atoms with Crippen molar-refractivity contribution >= 4 is 23.2 Å². The van der Waals surface area contributed by atoms with E-state index in [9.17, 15) is 9.59 Å². The van der Waals surface area contributed by atoms with Crippen molar-refractivity contribution in [3.63, 3.8) is 0 Å². The molecule has 0 bridgehead atoms. The van der Waals surface area contributed by atoms with Gasteiger partial charge in [0.15, 0.2) is 13.1 Å². The second-order valence-corrected chi connectivity index (χ2v) is 5.88. The van der Waals surface area contributed by atoms with E-state index in [2.05, 4.69) is 5.32 Å². The first-order chi connectivity index (χ1) is 12.0. The number of carbonyl (C=O) groups is 2. The fraction of sp³-hybridized carbons (Fsp3) is 0.263. The van der Waals surface area contributed by atoms with E-state index in [0.717, 1.165) is 10.6 Å². The molecule has 2 aromatic carbocycles. The molecule has 0 aliphatic carbocycles. The van der Waals surface area contributed by atoms with E-state index >= 15 is 0 Å². The Bertz CT molecular complexity index is 719. The first-order valence-electron chi connectivity index (χ1n) is 8.06. The van der Waals surface area contributed by atoms with Gasteiger partial charge >= 0.3 is 0 Å². The molecule has 2 aromatic rings. The molecule has 2 N–H and O–H groups in total. The lowest BCUT2D eigenvalue weighted by Gasteiger charge is -2.20. The Morgan fingerprint density at radius 3 is 2.48 bits per heavy atom. The number of ether oxygens (including phenoxy) is 1. The molecule has 25 heavy (non-hydrogen) atoms. The number of likely N-dealkylation sites (N-methyl/N-ethyl adjacent to an activating group) is 2. The van der Waals surface area contributed by atoms with Crippen LogP contribution in [0.1, 0.15) is 0 Å². The Morgan fingerprint density at radius 1 is 1.08 bits per heavy atom. The van der Waals surface area contributed by atoms with Crippen molar-refractivity contribution in [1.82, 2.24) is 0 Å². The summed E-state index contributed by atoms with van der Waals surface area (Å²) in [5, 5.41) is 2.82. The number of benzene rings is 2. The predicted octanol–water partition coefficient (Wildman–Crippen LogP) is 0.811. The summed E-state index contributed by atoms with van der Waals surface area (Å²) < 4.78 is 5.13. The van der Waals surface area contributed by atoms with Gasteiger partial charge < -0.3 is 19.9 Å². The summed E-state index contributed by atoms with van der Waals surface area (Å²) in [6.07, 6.45) is 0. The SMILES string of the molecule is COc1cccc(NC(=O)C[NH+](C)CC(=O)N(C)c2ccccc2)c1. The van der Waals surface area contributed by atoms with Crippen LogP contribution in [0.25, 0.3) is 0 Å². The topological polar surface area (TPSA) is 63.1 Å². The Hall–Kier alpha value is -2.86. The molecular formula is C19H24N3O3+. The van der Waals surface area contributed by atoms with E-state index in [-0.39, 0.29) is 24.9 Å². The van der Waals surface area contributed by atoms with Gasteiger partial charge in [-0.25, -0.2) is 0 Å². The van der Waals surface area contributed by atoms with Gasteiger partial charge in [-0.2, -0.15) is 0 Å². The fourth-order valence-electron chi connectivity index (χ4n) is 2.41. The monoisotopic (exact) mass is 342 g/mol. The van der Waals surface area contributed by atoms with Gasteiger partial charge in [0.25, 0.3) is 11.8 Å². The van der Waals surface area contributed by atoms with Crippen molar-refractivity contribution in [2.75, 3.05) is 44.5 Å². The van der Waals surface area contributed by atoms with Gasteiger partial charge in [0, 0.05) is 24.5 Å². The van der Waals surface area contributed by atoms with Gasteiger partial charge in [0.1, 0.15) is 5.75 Å². The standard InChI is InChI=1S/C19H23N3O3/c1-21(14-19(24)22(2)16-9-5-4-6-10-16)13-18(23)20-15-8-7-11-17(12-15)25-3/h4-12H,13-14H2,1-3H3,(H,20,23)/p+1. The first kappa shape index (κ1) is 18.5. The average molecular weight is 342 g/mol. The van der Waals surface area contributed by atoms with Crippen LogP contribution in [0.15, 0.2) is 54.6 Å². The summed E-state index contributed by atoms with van der Waals surface area (Å²) in [5.41, 5.74) is 1.51. The fourth-order valence-corrected chi connectivity index (χ4v) is 2.41. The first-order valence-corrected chi connectivity index (χ1v) is 8.06. The van der Waals surface area contributed by atoms with E-state index in [0.29, 0.717) is 11.4 Å². The summed E-state index contributed by atoms with van der Waals surface area (Å²) >= 11 is 0. The normalized spacial score (nSPS) is 11.5. The molecule has 0 aliphatic heterocycles. The Labute approximate surface area is 148 Å². The summed E-state index contributed by atoms with van der Waals surface area (Å²) in [6, 6.07) is 16.6. The summed E-state index contributed by atoms with van der Waals surface area (Å²) in [4.78, 5) is 26.9. The molecule has 6 heteroatoms. The maximum Gasteiger partial charge on any atom is 0.281 e. The Balaban J connectivity index is 1.85. The van der Waals surface area contributed by atoms with Gasteiger partial charge in [0.05, 0.1) is 14.2 Å². The van der Waals surface area contributed by atoms with Crippen LogP contribution in [0.2, 0.25) is 0 Å². The van der Waals surface area contributed by atoms with Crippen molar-refractivity contribution in [2.45, 2.75) is 0 Å². The van der Waals surface area contributed by atoms with Crippen LogP contribution in [0.3, 0.4) is 0 Å². The Kier molecular flexibility index (Phi) is 6.54. The number of quaternary nitrogens is 1. The predicted molar refractivity (Wildman–Crippen MR) is 98.1 cm³/mol. The number of nitrogens with zero attached hydrogens (tertiary/aromatic N) is 1. The number of rotatable bonds is 7. The minimum Gasteiger partial charge on any atom is -0.497 e. The van der Waals surface area contributed by atoms with Gasteiger partial charge in [-0.15, -0.1) is 0 Å². The van der Waals surface area contributed by atoms with Gasteiger partial charge in [-0.1, -0.05) is 24.3 Å².